The summed E-state index contributed by atoms with van der Waals surface area (Å²) >= 11 is 0. The van der Waals surface area contributed by atoms with Gasteiger partial charge in [-0.15, -0.1) is 0 Å². The van der Waals surface area contributed by atoms with E-state index in [-0.39, 0.29) is 0 Å². The van der Waals surface area contributed by atoms with Gasteiger partial charge in [-0.3, -0.25) is 0 Å². The Morgan fingerprint density at radius 3 is 2.41 bits per heavy atom. The van der Waals surface area contributed by atoms with Crippen molar-refractivity contribution < 1.29 is 9.47 Å². The minimum Gasteiger partial charge on any atom is -0.381 e. The highest BCUT2D eigenvalue weighted by atomic mass is 16.5. The normalized spacial score (nSPS) is 12.9. The van der Waals surface area contributed by atoms with Gasteiger partial charge in [0.05, 0.1) is 6.10 Å². The lowest BCUT2D eigenvalue weighted by atomic mass is 10.1. The molecule has 17 heavy (non-hydrogen) atoms. The lowest BCUT2D eigenvalue weighted by Crippen LogP contribution is -2.16. The summed E-state index contributed by atoms with van der Waals surface area (Å²) in [6.07, 6.45) is 9.81. The first-order valence-electron chi connectivity index (χ1n) is 7.33. The Morgan fingerprint density at radius 2 is 1.76 bits per heavy atom. The molecular formula is C15H31O2. The molecule has 0 aliphatic rings. The van der Waals surface area contributed by atoms with Crippen molar-refractivity contribution in [3.05, 3.63) is 6.92 Å². The first kappa shape index (κ1) is 16.9. The Labute approximate surface area is 108 Å². The van der Waals surface area contributed by atoms with Crippen LogP contribution in [0.4, 0.5) is 0 Å². The third-order valence-corrected chi connectivity index (χ3v) is 2.90. The van der Waals surface area contributed by atoms with Crippen LogP contribution in [-0.4, -0.2) is 25.9 Å². The summed E-state index contributed by atoms with van der Waals surface area (Å²) in [5.74, 6) is 0. The molecule has 0 aliphatic heterocycles. The van der Waals surface area contributed by atoms with Crippen LogP contribution in [0.1, 0.15) is 65.2 Å². The zero-order valence-electron chi connectivity index (χ0n) is 11.9. The maximum atomic E-state index is 5.70. The molecule has 0 aromatic carbocycles. The molecule has 0 bridgehead atoms. The highest BCUT2D eigenvalue weighted by Gasteiger charge is 2.07. The SMILES string of the molecule is [CH2]CCCCCOCCC(CCCC)OCC. The average Bonchev–Trinajstić information content (AvgIpc) is 2.34. The maximum absolute atomic E-state index is 5.70. The van der Waals surface area contributed by atoms with E-state index in [0.29, 0.717) is 6.10 Å². The topological polar surface area (TPSA) is 18.5 Å². The molecule has 0 N–H and O–H groups in total. The van der Waals surface area contributed by atoms with Crippen LogP contribution in [0.15, 0.2) is 0 Å². The van der Waals surface area contributed by atoms with Gasteiger partial charge in [0.15, 0.2) is 0 Å². The minimum absolute atomic E-state index is 0.403. The van der Waals surface area contributed by atoms with Crippen LogP contribution < -0.4 is 0 Å². The van der Waals surface area contributed by atoms with Crippen LogP contribution >= 0.6 is 0 Å². The van der Waals surface area contributed by atoms with E-state index >= 15 is 0 Å². The van der Waals surface area contributed by atoms with E-state index in [2.05, 4.69) is 20.8 Å². The molecule has 103 valence electrons. The molecule has 0 spiro atoms. The lowest BCUT2D eigenvalue weighted by Gasteiger charge is -2.16. The number of hydrogen-bond acceptors (Lipinski definition) is 2. The molecule has 0 amide bonds. The summed E-state index contributed by atoms with van der Waals surface area (Å²) in [7, 11) is 0. The second-order valence-corrected chi connectivity index (χ2v) is 4.53. The quantitative estimate of drug-likeness (QED) is 0.447. The van der Waals surface area contributed by atoms with Crippen LogP contribution in [0.2, 0.25) is 0 Å². The molecule has 0 rings (SSSR count). The summed E-state index contributed by atoms with van der Waals surface area (Å²) in [6.45, 7) is 10.7. The van der Waals surface area contributed by atoms with Crippen LogP contribution in [0, 0.1) is 6.92 Å². The van der Waals surface area contributed by atoms with E-state index in [9.17, 15) is 0 Å². The van der Waals surface area contributed by atoms with Gasteiger partial charge in [0, 0.05) is 19.8 Å². The van der Waals surface area contributed by atoms with E-state index in [1.165, 1.54) is 38.5 Å². The van der Waals surface area contributed by atoms with Crippen molar-refractivity contribution in [2.24, 2.45) is 0 Å². The van der Waals surface area contributed by atoms with Crippen molar-refractivity contribution in [1.29, 1.82) is 0 Å². The Hall–Kier alpha value is -0.0800. The molecule has 0 heterocycles. The van der Waals surface area contributed by atoms with Crippen LogP contribution in [0.3, 0.4) is 0 Å². The molecule has 2 nitrogen and oxygen atoms in total. The molecular weight excluding hydrogens is 212 g/mol. The molecule has 0 aromatic heterocycles. The fourth-order valence-corrected chi connectivity index (χ4v) is 1.85. The van der Waals surface area contributed by atoms with Gasteiger partial charge in [-0.05, 0) is 26.2 Å². The van der Waals surface area contributed by atoms with E-state index in [4.69, 9.17) is 9.47 Å². The van der Waals surface area contributed by atoms with Gasteiger partial charge in [-0.1, -0.05) is 46.0 Å². The smallest absolute Gasteiger partial charge is 0.0596 e. The average molecular weight is 243 g/mol. The van der Waals surface area contributed by atoms with Crippen LogP contribution in [0.5, 0.6) is 0 Å². The predicted octanol–water partition coefficient (Wildman–Crippen LogP) is 4.38. The van der Waals surface area contributed by atoms with Crippen LogP contribution in [0.25, 0.3) is 0 Å². The van der Waals surface area contributed by atoms with Gasteiger partial charge in [-0.25, -0.2) is 0 Å². The molecule has 2 heteroatoms. The third-order valence-electron chi connectivity index (χ3n) is 2.90. The summed E-state index contributed by atoms with van der Waals surface area (Å²) < 4.78 is 11.3. The van der Waals surface area contributed by atoms with Crippen molar-refractivity contribution >= 4 is 0 Å². The van der Waals surface area contributed by atoms with Crippen molar-refractivity contribution in [1.82, 2.24) is 0 Å². The molecule has 0 aromatic rings. The second-order valence-electron chi connectivity index (χ2n) is 4.53. The molecule has 0 fully saturated rings. The predicted molar refractivity (Wildman–Crippen MR) is 74.2 cm³/mol. The molecule has 0 saturated carbocycles. The summed E-state index contributed by atoms with van der Waals surface area (Å²) in [4.78, 5) is 0. The molecule has 1 unspecified atom stereocenters. The zero-order chi connectivity index (χ0) is 12.8. The van der Waals surface area contributed by atoms with Crippen molar-refractivity contribution in [3.8, 4) is 0 Å². The molecule has 1 atom stereocenters. The number of hydrogen-bond donors (Lipinski definition) is 0. The standard InChI is InChI=1S/C15H31O2/c1-4-7-9-10-13-16-14-12-15(17-6-3)11-8-5-2/h15H,1,4-14H2,2-3H3. The summed E-state index contributed by atoms with van der Waals surface area (Å²) in [5, 5.41) is 0. The molecule has 0 saturated heterocycles. The van der Waals surface area contributed by atoms with Gasteiger partial charge < -0.3 is 9.47 Å². The van der Waals surface area contributed by atoms with Crippen molar-refractivity contribution in [3.63, 3.8) is 0 Å². The third kappa shape index (κ3) is 12.2. The minimum atomic E-state index is 0.403. The van der Waals surface area contributed by atoms with Gasteiger partial charge in [0.25, 0.3) is 0 Å². The number of rotatable bonds is 13. The van der Waals surface area contributed by atoms with E-state index in [1.54, 1.807) is 0 Å². The van der Waals surface area contributed by atoms with E-state index < -0.39 is 0 Å². The highest BCUT2D eigenvalue weighted by molar-refractivity contribution is 4.57. The first-order chi connectivity index (χ1) is 8.35. The first-order valence-corrected chi connectivity index (χ1v) is 7.33. The van der Waals surface area contributed by atoms with E-state index in [1.807, 2.05) is 0 Å². The number of ether oxygens (including phenoxy) is 2. The Kier molecular flexibility index (Phi) is 13.9. The zero-order valence-corrected chi connectivity index (χ0v) is 11.9. The second kappa shape index (κ2) is 14.0. The lowest BCUT2D eigenvalue weighted by molar-refractivity contribution is 0.0214. The molecule has 0 aliphatic carbocycles. The monoisotopic (exact) mass is 243 g/mol. The van der Waals surface area contributed by atoms with Gasteiger partial charge in [-0.2, -0.15) is 0 Å². The van der Waals surface area contributed by atoms with Crippen molar-refractivity contribution in [2.45, 2.75) is 71.3 Å². The number of unbranched alkanes of at least 4 members (excludes halogenated alkanes) is 4. The highest BCUT2D eigenvalue weighted by Crippen LogP contribution is 2.09. The van der Waals surface area contributed by atoms with Crippen molar-refractivity contribution in [2.75, 3.05) is 19.8 Å². The largest absolute Gasteiger partial charge is 0.381 e. The Morgan fingerprint density at radius 1 is 0.941 bits per heavy atom. The molecule has 1 radical (unpaired) electrons. The summed E-state index contributed by atoms with van der Waals surface area (Å²) in [5.41, 5.74) is 0. The van der Waals surface area contributed by atoms with Crippen LogP contribution in [-0.2, 0) is 9.47 Å². The van der Waals surface area contributed by atoms with E-state index in [0.717, 1.165) is 32.7 Å². The Balaban J connectivity index is 3.34. The van der Waals surface area contributed by atoms with Gasteiger partial charge >= 0.3 is 0 Å². The maximum Gasteiger partial charge on any atom is 0.0596 e. The fraction of sp³-hybridized carbons (Fsp3) is 0.933. The van der Waals surface area contributed by atoms with Gasteiger partial charge in [0.1, 0.15) is 0 Å². The fourth-order valence-electron chi connectivity index (χ4n) is 1.85. The Bertz CT molecular complexity index is 137. The van der Waals surface area contributed by atoms with Gasteiger partial charge in [0.2, 0.25) is 0 Å². The summed E-state index contributed by atoms with van der Waals surface area (Å²) in [6, 6.07) is 0.